The van der Waals surface area contributed by atoms with Crippen molar-refractivity contribution in [3.8, 4) is 23.4 Å². The molecule has 3 heterocycles. The molecule has 1 aromatic heterocycles. The number of benzene rings is 2. The lowest BCUT2D eigenvalue weighted by molar-refractivity contribution is -0.149. The van der Waals surface area contributed by atoms with E-state index >= 15 is 0 Å². The van der Waals surface area contributed by atoms with Crippen LogP contribution in [0.4, 0.5) is 13.2 Å². The number of allylic oxidation sites excluding steroid dienone is 2. The van der Waals surface area contributed by atoms with Gasteiger partial charge in [0.15, 0.2) is 0 Å². The molecule has 2 aliphatic rings. The molecule has 0 saturated carbocycles. The van der Waals surface area contributed by atoms with Gasteiger partial charge < -0.3 is 15.3 Å². The first-order chi connectivity index (χ1) is 21.6. The van der Waals surface area contributed by atoms with Crippen molar-refractivity contribution >= 4 is 17.6 Å². The fourth-order valence-electron chi connectivity index (χ4n) is 5.63. The molecule has 1 fully saturated rings. The number of aromatic nitrogens is 1. The van der Waals surface area contributed by atoms with E-state index in [2.05, 4.69) is 22.4 Å². The number of rotatable bonds is 7. The number of carbonyl (C=O) groups is 2. The van der Waals surface area contributed by atoms with Gasteiger partial charge in [0.05, 0.1) is 46.6 Å². The standard InChI is InChI=1S/C33H27F3N6O3/c34-33(35,36)20-41-13-11-26(12-14-41)42-29(24-6-2-4-22(16-24)18-38)10-8-27(32(44)45)30(42)40-31(43)25-7-9-28(39-19-25)23-5-1-3-21(15-23)17-37/h1-10,15-16,19,26,30H,11-14,20H2,(H,40,43)(H,44,45). The van der Waals surface area contributed by atoms with Crippen LogP contribution in [-0.4, -0.2) is 69.8 Å². The molecule has 45 heavy (non-hydrogen) atoms. The van der Waals surface area contributed by atoms with Gasteiger partial charge in [-0.3, -0.25) is 14.7 Å². The summed E-state index contributed by atoms with van der Waals surface area (Å²) in [5.41, 5.74) is 3.19. The predicted molar refractivity (Wildman–Crippen MR) is 158 cm³/mol. The van der Waals surface area contributed by atoms with Crippen LogP contribution in [0.1, 0.15) is 39.9 Å². The molecule has 0 aliphatic carbocycles. The molecule has 1 unspecified atom stereocenters. The summed E-state index contributed by atoms with van der Waals surface area (Å²) >= 11 is 0. The zero-order chi connectivity index (χ0) is 32.1. The lowest BCUT2D eigenvalue weighted by atomic mass is 9.94. The first kappa shape index (κ1) is 31.0. The highest BCUT2D eigenvalue weighted by molar-refractivity contribution is 5.97. The lowest BCUT2D eigenvalue weighted by Crippen LogP contribution is -2.57. The molecule has 228 valence electrons. The van der Waals surface area contributed by atoms with E-state index in [1.165, 1.54) is 23.2 Å². The summed E-state index contributed by atoms with van der Waals surface area (Å²) in [6.07, 6.45) is -0.628. The molecule has 0 spiro atoms. The van der Waals surface area contributed by atoms with E-state index in [1.54, 1.807) is 65.6 Å². The molecule has 0 bridgehead atoms. The van der Waals surface area contributed by atoms with Gasteiger partial charge in [0.25, 0.3) is 5.91 Å². The number of halogens is 3. The van der Waals surface area contributed by atoms with Crippen molar-refractivity contribution in [1.82, 2.24) is 20.1 Å². The molecule has 2 N–H and O–H groups in total. The van der Waals surface area contributed by atoms with Gasteiger partial charge in [-0.15, -0.1) is 0 Å². The quantitative estimate of drug-likeness (QED) is 0.383. The molecule has 12 heteroatoms. The Kier molecular flexibility index (Phi) is 8.98. The van der Waals surface area contributed by atoms with Gasteiger partial charge in [0, 0.05) is 36.6 Å². The summed E-state index contributed by atoms with van der Waals surface area (Å²) in [7, 11) is 0. The van der Waals surface area contributed by atoms with Crippen LogP contribution >= 0.6 is 0 Å². The number of nitrogens with zero attached hydrogens (tertiary/aromatic N) is 5. The molecule has 1 saturated heterocycles. The lowest BCUT2D eigenvalue weighted by Gasteiger charge is -2.46. The van der Waals surface area contributed by atoms with Crippen LogP contribution in [-0.2, 0) is 4.79 Å². The molecular formula is C33H27F3N6O3. The monoisotopic (exact) mass is 612 g/mol. The van der Waals surface area contributed by atoms with E-state index in [0.717, 1.165) is 0 Å². The average Bonchev–Trinajstić information content (AvgIpc) is 3.04. The Labute approximate surface area is 257 Å². The van der Waals surface area contributed by atoms with Gasteiger partial charge in [-0.05, 0) is 67.0 Å². The molecule has 2 aromatic carbocycles. The summed E-state index contributed by atoms with van der Waals surface area (Å²) < 4.78 is 39.3. The number of hydrogen-bond acceptors (Lipinski definition) is 7. The Morgan fingerprint density at radius 3 is 2.18 bits per heavy atom. The summed E-state index contributed by atoms with van der Waals surface area (Å²) in [5, 5.41) is 31.6. The first-order valence-corrected chi connectivity index (χ1v) is 14.1. The number of carbonyl (C=O) groups excluding carboxylic acids is 1. The van der Waals surface area contributed by atoms with Crippen molar-refractivity contribution in [3.05, 3.63) is 107 Å². The highest BCUT2D eigenvalue weighted by Crippen LogP contribution is 2.35. The number of nitrogens with one attached hydrogen (secondary N) is 1. The summed E-state index contributed by atoms with van der Waals surface area (Å²) in [6, 6.07) is 20.4. The molecule has 3 aromatic rings. The smallest absolute Gasteiger partial charge is 0.401 e. The van der Waals surface area contributed by atoms with Crippen LogP contribution in [0.3, 0.4) is 0 Å². The van der Waals surface area contributed by atoms with E-state index in [9.17, 15) is 38.4 Å². The number of hydrogen-bond donors (Lipinski definition) is 2. The summed E-state index contributed by atoms with van der Waals surface area (Å²) in [4.78, 5) is 33.4. The predicted octanol–water partition coefficient (Wildman–Crippen LogP) is 4.94. The van der Waals surface area contributed by atoms with E-state index in [0.29, 0.717) is 33.6 Å². The van der Waals surface area contributed by atoms with Crippen LogP contribution in [0.15, 0.2) is 84.6 Å². The molecule has 9 nitrogen and oxygen atoms in total. The van der Waals surface area contributed by atoms with Crippen molar-refractivity contribution in [2.24, 2.45) is 0 Å². The van der Waals surface area contributed by atoms with E-state index in [1.807, 2.05) is 0 Å². The number of pyridine rings is 1. The van der Waals surface area contributed by atoms with Crippen molar-refractivity contribution < 1.29 is 27.9 Å². The Balaban J connectivity index is 1.46. The van der Waals surface area contributed by atoms with Gasteiger partial charge >= 0.3 is 12.1 Å². The maximum atomic E-state index is 13.6. The minimum atomic E-state index is -4.35. The van der Waals surface area contributed by atoms with Crippen molar-refractivity contribution in [1.29, 1.82) is 10.5 Å². The molecule has 5 rings (SSSR count). The second kappa shape index (κ2) is 13.0. The summed E-state index contributed by atoms with van der Waals surface area (Å²) in [6.45, 7) is -0.800. The van der Waals surface area contributed by atoms with E-state index < -0.39 is 36.8 Å². The maximum Gasteiger partial charge on any atom is 0.401 e. The third-order valence-electron chi connectivity index (χ3n) is 7.74. The van der Waals surface area contributed by atoms with E-state index in [4.69, 9.17) is 0 Å². The van der Waals surface area contributed by atoms with Crippen molar-refractivity contribution in [3.63, 3.8) is 0 Å². The number of aliphatic carboxylic acids is 1. The van der Waals surface area contributed by atoms with Crippen molar-refractivity contribution in [2.45, 2.75) is 31.2 Å². The zero-order valence-corrected chi connectivity index (χ0v) is 23.8. The molecule has 1 amide bonds. The van der Waals surface area contributed by atoms with Gasteiger partial charge in [0.2, 0.25) is 0 Å². The van der Waals surface area contributed by atoms with Crippen molar-refractivity contribution in [2.75, 3.05) is 19.6 Å². The third kappa shape index (κ3) is 7.20. The zero-order valence-electron chi connectivity index (χ0n) is 23.8. The number of carboxylic acid groups (broad SMARTS) is 1. The Morgan fingerprint density at radius 1 is 0.956 bits per heavy atom. The number of piperidine rings is 1. The minimum absolute atomic E-state index is 0.122. The van der Waals surface area contributed by atoms with Gasteiger partial charge in [-0.25, -0.2) is 4.79 Å². The number of alkyl halides is 3. The molecule has 0 radical (unpaired) electrons. The topological polar surface area (TPSA) is 133 Å². The fourth-order valence-corrected chi connectivity index (χ4v) is 5.63. The maximum absolute atomic E-state index is 13.6. The molecule has 1 atom stereocenters. The molecular weight excluding hydrogens is 585 g/mol. The summed E-state index contributed by atoms with van der Waals surface area (Å²) in [5.74, 6) is -1.88. The average molecular weight is 613 g/mol. The number of likely N-dealkylation sites (tertiary alicyclic amines) is 1. The van der Waals surface area contributed by atoms with Gasteiger partial charge in [-0.2, -0.15) is 23.7 Å². The highest BCUT2D eigenvalue weighted by atomic mass is 19.4. The first-order valence-electron chi connectivity index (χ1n) is 14.1. The number of amides is 1. The number of carboxylic acids is 1. The Hall–Kier alpha value is -5.46. The molecule has 2 aliphatic heterocycles. The SMILES string of the molecule is N#Cc1cccc(C2=CC=C(C(=O)O)C(NC(=O)c3ccc(-c4cccc(C#N)c4)nc3)N2C2CCN(CC(F)(F)F)CC2)c1. The Morgan fingerprint density at radius 2 is 1.60 bits per heavy atom. The van der Waals surface area contributed by atoms with Crippen LogP contribution in [0.25, 0.3) is 17.0 Å². The van der Waals surface area contributed by atoms with Crippen LogP contribution < -0.4 is 5.32 Å². The van der Waals surface area contributed by atoms with Gasteiger partial charge in [-0.1, -0.05) is 24.3 Å². The van der Waals surface area contributed by atoms with Crippen LogP contribution in [0.5, 0.6) is 0 Å². The van der Waals surface area contributed by atoms with E-state index in [-0.39, 0.29) is 37.1 Å². The second-order valence-electron chi connectivity index (χ2n) is 10.7. The minimum Gasteiger partial charge on any atom is -0.478 e. The third-order valence-corrected chi connectivity index (χ3v) is 7.74. The highest BCUT2D eigenvalue weighted by Gasteiger charge is 2.40. The van der Waals surface area contributed by atoms with Crippen LogP contribution in [0, 0.1) is 22.7 Å². The van der Waals surface area contributed by atoms with Gasteiger partial charge in [0.1, 0.15) is 6.17 Å². The van der Waals surface area contributed by atoms with Crippen LogP contribution in [0.2, 0.25) is 0 Å². The number of nitriles is 2. The largest absolute Gasteiger partial charge is 0.478 e. The Bertz CT molecular complexity index is 1750. The normalized spacial score (nSPS) is 17.4. The second-order valence-corrected chi connectivity index (χ2v) is 10.7. The fraction of sp³-hybridized carbons (Fsp3) is 0.242.